The Balaban J connectivity index is 0.000000688. The number of benzene rings is 2. The Morgan fingerprint density at radius 2 is 1.16 bits per heavy atom. The number of nitrogens with zero attached hydrogens (tertiary/aromatic N) is 4. The van der Waals surface area contributed by atoms with Gasteiger partial charge in [0.1, 0.15) is 5.69 Å². The van der Waals surface area contributed by atoms with Crippen molar-refractivity contribution in [2.24, 2.45) is 0 Å². The van der Waals surface area contributed by atoms with Crippen LogP contribution in [0.15, 0.2) is 85.2 Å². The molecule has 0 aliphatic heterocycles. The van der Waals surface area contributed by atoms with Crippen LogP contribution in [-0.2, 0) is 0 Å². The fourth-order valence-corrected chi connectivity index (χ4v) is 3.15. The van der Waals surface area contributed by atoms with E-state index in [9.17, 15) is 30.1 Å². The number of carbonyl (C=O) groups excluding carboxylic acids is 1. The van der Waals surface area contributed by atoms with Crippen LogP contribution in [0.25, 0.3) is 22.3 Å². The van der Waals surface area contributed by atoms with E-state index in [0.29, 0.717) is 11.4 Å². The van der Waals surface area contributed by atoms with Crippen molar-refractivity contribution in [3.8, 4) is 22.3 Å². The first-order valence-electron chi connectivity index (χ1n) is 10.8. The monoisotopic (exact) mass is 521 g/mol. The van der Waals surface area contributed by atoms with Crippen molar-refractivity contribution in [2.75, 3.05) is 0 Å². The van der Waals surface area contributed by atoms with Crippen molar-refractivity contribution in [3.63, 3.8) is 0 Å². The zero-order valence-corrected chi connectivity index (χ0v) is 23.0. The molecule has 4 rings (SSSR count). The molecule has 1 unspecified atom stereocenters. The summed E-state index contributed by atoms with van der Waals surface area (Å²) in [4.78, 5) is 39.4. The minimum absolute atomic E-state index is 0. The molecule has 0 amide bonds. The van der Waals surface area contributed by atoms with Gasteiger partial charge >= 0.3 is 29.6 Å². The maximum Gasteiger partial charge on any atom is 1.00 e. The first-order chi connectivity index (χ1) is 17.2. The summed E-state index contributed by atoms with van der Waals surface area (Å²) >= 11 is 0. The van der Waals surface area contributed by atoms with Gasteiger partial charge in [-0.1, -0.05) is 12.1 Å². The van der Waals surface area contributed by atoms with E-state index in [1.165, 1.54) is 31.2 Å². The van der Waals surface area contributed by atoms with Gasteiger partial charge in [0.15, 0.2) is 5.78 Å². The van der Waals surface area contributed by atoms with Crippen molar-refractivity contribution < 1.29 is 50.7 Å². The zero-order chi connectivity index (χ0) is 26.2. The van der Waals surface area contributed by atoms with Crippen molar-refractivity contribution in [1.82, 2.24) is 9.97 Å². The van der Waals surface area contributed by atoms with E-state index in [1.807, 2.05) is 6.07 Å². The molecule has 4 aromatic rings. The summed E-state index contributed by atoms with van der Waals surface area (Å²) in [6.07, 6.45) is 2.62. The van der Waals surface area contributed by atoms with E-state index in [4.69, 9.17) is 0 Å². The Kier molecular flexibility index (Phi) is 12.6. The quantitative estimate of drug-likeness (QED) is 0.176. The van der Waals surface area contributed by atoms with Crippen LogP contribution in [0.2, 0.25) is 0 Å². The predicted octanol–water partition coefficient (Wildman–Crippen LogP) is 2.31. The molecular formula is C26H23BN4NaO6. The number of hydrogen-bond acceptors (Lipinski definition) is 8. The summed E-state index contributed by atoms with van der Waals surface area (Å²) in [5, 5.41) is 30.4. The van der Waals surface area contributed by atoms with Gasteiger partial charge in [-0.15, -0.1) is 0 Å². The van der Waals surface area contributed by atoms with E-state index < -0.39 is 16.0 Å². The molecular weight excluding hydrogens is 498 g/mol. The van der Waals surface area contributed by atoms with Gasteiger partial charge in [-0.25, -0.2) is 0 Å². The maximum absolute atomic E-state index is 11.1. The second-order valence-electron chi connectivity index (χ2n) is 7.74. The minimum atomic E-state index is -0.601. The predicted molar refractivity (Wildman–Crippen MR) is 140 cm³/mol. The van der Waals surface area contributed by atoms with E-state index >= 15 is 0 Å². The molecule has 0 saturated carbocycles. The normalized spacial score (nSPS) is 10.5. The van der Waals surface area contributed by atoms with Crippen LogP contribution < -0.4 is 29.6 Å². The molecule has 187 valence electrons. The van der Waals surface area contributed by atoms with Crippen LogP contribution in [0.5, 0.6) is 0 Å². The zero-order valence-electron chi connectivity index (χ0n) is 22.0. The summed E-state index contributed by atoms with van der Waals surface area (Å²) in [5.41, 5.74) is 4.46. The average Bonchev–Trinajstić information content (AvgIpc) is 2.89. The summed E-state index contributed by atoms with van der Waals surface area (Å²) in [6, 6.07) is 19.4. The standard InChI is InChI=1S/C13H12N2O3.C13H10N2O3.B.Na.H/c2*1-9(16)13-7-4-11(8-14-13)10-2-5-12(6-3-10)15(17)18;;;/h2-9,16H,1H3;2-8H,1H3;;;/q;;;+1;-1. The Bertz CT molecular complexity index is 1320. The number of carbonyl (C=O) groups is 1. The van der Waals surface area contributed by atoms with Crippen LogP contribution in [0.1, 0.15) is 37.6 Å². The number of aliphatic hydroxyl groups excluding tert-OH is 1. The second kappa shape index (κ2) is 14.8. The fourth-order valence-electron chi connectivity index (χ4n) is 3.15. The number of pyridine rings is 2. The van der Waals surface area contributed by atoms with Gasteiger partial charge in [-0.3, -0.25) is 35.0 Å². The molecule has 3 radical (unpaired) electrons. The number of rotatable bonds is 6. The van der Waals surface area contributed by atoms with E-state index in [1.54, 1.807) is 61.8 Å². The average molecular weight is 521 g/mol. The first kappa shape index (κ1) is 32.3. The Hall–Kier alpha value is -3.77. The number of Topliss-reactive ketones (excluding diaryl/α,β-unsaturated/α-hetero) is 1. The third kappa shape index (κ3) is 8.67. The molecule has 0 aliphatic carbocycles. The molecule has 2 aromatic carbocycles. The van der Waals surface area contributed by atoms with E-state index in [0.717, 1.165) is 22.3 Å². The molecule has 0 aliphatic rings. The summed E-state index contributed by atoms with van der Waals surface area (Å²) < 4.78 is 0. The van der Waals surface area contributed by atoms with Crippen molar-refractivity contribution in [1.29, 1.82) is 0 Å². The van der Waals surface area contributed by atoms with Crippen LogP contribution in [0.4, 0.5) is 11.4 Å². The van der Waals surface area contributed by atoms with Gasteiger partial charge in [0.2, 0.25) is 0 Å². The molecule has 1 atom stereocenters. The Morgan fingerprint density at radius 3 is 1.45 bits per heavy atom. The number of non-ortho nitro benzene ring substituents is 2. The minimum Gasteiger partial charge on any atom is -1.00 e. The Labute approximate surface area is 244 Å². The maximum atomic E-state index is 11.1. The molecule has 10 nitrogen and oxygen atoms in total. The summed E-state index contributed by atoms with van der Waals surface area (Å²) in [5.74, 6) is -0.0924. The van der Waals surface area contributed by atoms with E-state index in [2.05, 4.69) is 9.97 Å². The van der Waals surface area contributed by atoms with Gasteiger partial charge in [-0.2, -0.15) is 0 Å². The van der Waals surface area contributed by atoms with Gasteiger partial charge in [-0.05, 0) is 54.4 Å². The second-order valence-corrected chi connectivity index (χ2v) is 7.74. The number of nitro groups is 2. The van der Waals surface area contributed by atoms with Gasteiger partial charge in [0.25, 0.3) is 11.4 Å². The topological polar surface area (TPSA) is 149 Å². The molecule has 0 spiro atoms. The molecule has 1 N–H and O–H groups in total. The number of hydrogen-bond donors (Lipinski definition) is 1. The van der Waals surface area contributed by atoms with Gasteiger partial charge in [0, 0.05) is 63.1 Å². The summed E-state index contributed by atoms with van der Waals surface area (Å²) in [7, 11) is 0. The van der Waals surface area contributed by atoms with Crippen LogP contribution in [0, 0.1) is 20.2 Å². The van der Waals surface area contributed by atoms with Crippen LogP contribution >= 0.6 is 0 Å². The fraction of sp³-hybridized carbons (Fsp3) is 0.115. The molecule has 0 saturated heterocycles. The molecule has 0 bridgehead atoms. The van der Waals surface area contributed by atoms with E-state index in [-0.39, 0.29) is 56.6 Å². The molecule has 2 aromatic heterocycles. The van der Waals surface area contributed by atoms with Gasteiger partial charge in [0.05, 0.1) is 21.6 Å². The van der Waals surface area contributed by atoms with Gasteiger partial charge < -0.3 is 6.53 Å². The molecule has 38 heavy (non-hydrogen) atoms. The number of aromatic nitrogens is 2. The Morgan fingerprint density at radius 1 is 0.763 bits per heavy atom. The number of nitro benzene ring substituents is 2. The third-order valence-corrected chi connectivity index (χ3v) is 5.16. The van der Waals surface area contributed by atoms with Crippen LogP contribution in [-0.4, -0.2) is 39.1 Å². The smallest absolute Gasteiger partial charge is 1.00 e. The SMILES string of the molecule is CC(=O)c1ccc(-c2ccc([N+](=O)[O-])cc2)cn1.CC(O)c1ccc(-c2ccc([N+](=O)[O-])cc2)cn1.[B].[H-].[Na+]. The molecule has 0 fully saturated rings. The van der Waals surface area contributed by atoms with Crippen molar-refractivity contribution in [2.45, 2.75) is 20.0 Å². The third-order valence-electron chi connectivity index (χ3n) is 5.16. The number of ketones is 1. The largest absolute Gasteiger partial charge is 1.00 e. The van der Waals surface area contributed by atoms with Crippen LogP contribution in [0.3, 0.4) is 0 Å². The van der Waals surface area contributed by atoms with Crippen molar-refractivity contribution in [3.05, 3.63) is 117 Å². The molecule has 12 heteroatoms. The molecule has 2 heterocycles. The summed E-state index contributed by atoms with van der Waals surface area (Å²) in [6.45, 7) is 3.10. The first-order valence-corrected chi connectivity index (χ1v) is 10.8. The number of aliphatic hydroxyl groups is 1. The van der Waals surface area contributed by atoms with Crippen molar-refractivity contribution >= 4 is 25.6 Å².